The van der Waals surface area contributed by atoms with Crippen molar-refractivity contribution in [2.75, 3.05) is 29.9 Å². The third-order valence-electron chi connectivity index (χ3n) is 5.81. The van der Waals surface area contributed by atoms with Crippen LogP contribution >= 0.6 is 0 Å². The number of piperidine rings is 1. The van der Waals surface area contributed by atoms with Gasteiger partial charge in [0.1, 0.15) is 11.3 Å². The van der Waals surface area contributed by atoms with Gasteiger partial charge in [0.2, 0.25) is 0 Å². The molecular weight excluding hydrogens is 428 g/mol. The fourth-order valence-corrected chi connectivity index (χ4v) is 4.10. The van der Waals surface area contributed by atoms with E-state index in [-0.39, 0.29) is 30.5 Å². The van der Waals surface area contributed by atoms with Crippen LogP contribution in [0.15, 0.2) is 51.7 Å². The van der Waals surface area contributed by atoms with Crippen LogP contribution in [0.2, 0.25) is 0 Å². The lowest BCUT2D eigenvalue weighted by Crippen LogP contribution is -3.00. The Bertz CT molecular complexity index is 1140. The number of fused-ring (bicyclic) bond motifs is 1. The van der Waals surface area contributed by atoms with Gasteiger partial charge in [0.15, 0.2) is 6.61 Å². The highest BCUT2D eigenvalue weighted by atomic mass is 35.5. The van der Waals surface area contributed by atoms with Gasteiger partial charge in [0.25, 0.3) is 5.91 Å². The molecule has 1 fully saturated rings. The Morgan fingerprint density at radius 2 is 1.81 bits per heavy atom. The molecule has 1 N–H and O–H groups in total. The molecule has 4 rings (SSSR count). The number of carbonyl (C=O) groups is 1. The molecule has 0 aliphatic carbocycles. The Labute approximate surface area is 194 Å². The topological polar surface area (TPSA) is 71.8 Å². The van der Waals surface area contributed by atoms with Crippen molar-refractivity contribution in [3.8, 4) is 5.75 Å². The molecule has 1 aromatic heterocycles. The number of nitrogens with one attached hydrogen (secondary N) is 1. The van der Waals surface area contributed by atoms with Crippen molar-refractivity contribution in [3.05, 3.63) is 64.0 Å². The maximum atomic E-state index is 12.4. The average molecular weight is 456 g/mol. The van der Waals surface area contributed by atoms with Crippen LogP contribution < -0.4 is 33.0 Å². The summed E-state index contributed by atoms with van der Waals surface area (Å²) < 4.78 is 11.1. The third kappa shape index (κ3) is 5.25. The molecule has 170 valence electrons. The molecule has 2 heterocycles. The summed E-state index contributed by atoms with van der Waals surface area (Å²) >= 11 is 0. The van der Waals surface area contributed by atoms with Crippen LogP contribution in [0.5, 0.6) is 5.75 Å². The van der Waals surface area contributed by atoms with Crippen molar-refractivity contribution in [3.63, 3.8) is 0 Å². The Kier molecular flexibility index (Phi) is 7.80. The number of ether oxygens (including phenoxy) is 1. The van der Waals surface area contributed by atoms with Gasteiger partial charge in [-0.3, -0.25) is 4.79 Å². The zero-order valence-corrected chi connectivity index (χ0v) is 19.2. The summed E-state index contributed by atoms with van der Waals surface area (Å²) in [5.41, 5.74) is 3.71. The molecule has 0 bridgehead atoms. The number of rotatable bonds is 6. The quantitative estimate of drug-likeness (QED) is 0.572. The van der Waals surface area contributed by atoms with Crippen LogP contribution in [0.4, 0.5) is 11.4 Å². The van der Waals surface area contributed by atoms with Gasteiger partial charge in [-0.05, 0) is 74.6 Å². The van der Waals surface area contributed by atoms with E-state index in [0.717, 1.165) is 36.1 Å². The van der Waals surface area contributed by atoms with Crippen molar-refractivity contribution in [2.45, 2.75) is 39.5 Å². The second kappa shape index (κ2) is 10.6. The van der Waals surface area contributed by atoms with E-state index in [9.17, 15) is 9.59 Å². The van der Waals surface area contributed by atoms with E-state index in [1.165, 1.54) is 31.0 Å². The van der Waals surface area contributed by atoms with Crippen molar-refractivity contribution in [1.82, 2.24) is 0 Å². The number of carbonyl (C=O) groups excluding carboxylic acids is 1. The molecular formula is C25H28ClN2O4-. The van der Waals surface area contributed by atoms with Gasteiger partial charge in [-0.15, -0.1) is 0 Å². The second-order valence-corrected chi connectivity index (χ2v) is 7.94. The summed E-state index contributed by atoms with van der Waals surface area (Å²) in [5, 5.41) is 3.76. The second-order valence-electron chi connectivity index (χ2n) is 7.94. The number of halogens is 1. The Morgan fingerprint density at radius 1 is 1.09 bits per heavy atom. The standard InChI is InChI=1S/C25H28N2O4.ClH/c1-3-18-15-24(29)31-25-17(2)22(12-11-21(18)25)30-16-23(28)26-19-7-9-20(10-8-19)27-13-5-4-6-14-27;/h7-12,15H,3-6,13-14,16H2,1-2H3,(H,26,28);1H/p-1. The number of nitrogens with zero attached hydrogens (tertiary/aromatic N) is 1. The molecule has 32 heavy (non-hydrogen) atoms. The van der Waals surface area contributed by atoms with Crippen LogP contribution in [0.25, 0.3) is 11.0 Å². The summed E-state index contributed by atoms with van der Waals surface area (Å²) in [6.45, 7) is 5.88. The number of amides is 1. The van der Waals surface area contributed by atoms with Crippen molar-refractivity contribution < 1.29 is 26.4 Å². The summed E-state index contributed by atoms with van der Waals surface area (Å²) in [5.74, 6) is 0.286. The first kappa shape index (κ1) is 23.7. The lowest BCUT2D eigenvalue weighted by atomic mass is 10.0. The average Bonchev–Trinajstić information content (AvgIpc) is 2.79. The minimum absolute atomic E-state index is 0. The van der Waals surface area contributed by atoms with Crippen molar-refractivity contribution >= 4 is 28.3 Å². The smallest absolute Gasteiger partial charge is 0.336 e. The maximum Gasteiger partial charge on any atom is 0.336 e. The van der Waals surface area contributed by atoms with Gasteiger partial charge >= 0.3 is 5.63 Å². The fourth-order valence-electron chi connectivity index (χ4n) is 4.10. The maximum absolute atomic E-state index is 12.4. The molecule has 7 heteroatoms. The van der Waals surface area contributed by atoms with E-state index in [1.54, 1.807) is 0 Å². The normalized spacial score (nSPS) is 13.5. The summed E-state index contributed by atoms with van der Waals surface area (Å²) in [6, 6.07) is 13.1. The molecule has 1 aliphatic heterocycles. The first-order chi connectivity index (χ1) is 15.0. The predicted octanol–water partition coefficient (Wildman–Crippen LogP) is 1.68. The highest BCUT2D eigenvalue weighted by Crippen LogP contribution is 2.28. The molecule has 3 aromatic rings. The molecule has 0 radical (unpaired) electrons. The van der Waals surface area contributed by atoms with Gasteiger partial charge < -0.3 is 31.8 Å². The molecule has 0 unspecified atom stereocenters. The first-order valence-corrected chi connectivity index (χ1v) is 10.9. The lowest BCUT2D eigenvalue weighted by Gasteiger charge is -2.28. The number of benzene rings is 2. The van der Waals surface area contributed by atoms with E-state index >= 15 is 0 Å². The molecule has 0 saturated carbocycles. The zero-order chi connectivity index (χ0) is 21.8. The van der Waals surface area contributed by atoms with Gasteiger partial charge in [0, 0.05) is 41.5 Å². The van der Waals surface area contributed by atoms with Crippen LogP contribution in [0.3, 0.4) is 0 Å². The van der Waals surface area contributed by atoms with E-state index in [1.807, 2.05) is 50.2 Å². The van der Waals surface area contributed by atoms with Gasteiger partial charge in [-0.1, -0.05) is 6.92 Å². The Morgan fingerprint density at radius 3 is 2.50 bits per heavy atom. The predicted molar refractivity (Wildman–Crippen MR) is 123 cm³/mol. The first-order valence-electron chi connectivity index (χ1n) is 10.9. The van der Waals surface area contributed by atoms with Gasteiger partial charge in [0.05, 0.1) is 0 Å². The van der Waals surface area contributed by atoms with Crippen molar-refractivity contribution in [2.24, 2.45) is 0 Å². The van der Waals surface area contributed by atoms with Crippen LogP contribution in [-0.2, 0) is 11.2 Å². The highest BCUT2D eigenvalue weighted by Gasteiger charge is 2.13. The molecule has 6 nitrogen and oxygen atoms in total. The molecule has 1 aliphatic rings. The Balaban J connectivity index is 0.00000289. The van der Waals surface area contributed by atoms with E-state index in [2.05, 4.69) is 10.2 Å². The van der Waals surface area contributed by atoms with Gasteiger partial charge in [-0.2, -0.15) is 0 Å². The summed E-state index contributed by atoms with van der Waals surface area (Å²) in [7, 11) is 0. The van der Waals surface area contributed by atoms with Crippen LogP contribution in [0.1, 0.15) is 37.3 Å². The van der Waals surface area contributed by atoms with Crippen LogP contribution in [-0.4, -0.2) is 25.6 Å². The third-order valence-corrected chi connectivity index (χ3v) is 5.81. The van der Waals surface area contributed by atoms with E-state index < -0.39 is 0 Å². The molecule has 0 spiro atoms. The van der Waals surface area contributed by atoms with Crippen molar-refractivity contribution in [1.29, 1.82) is 0 Å². The number of hydrogen-bond acceptors (Lipinski definition) is 5. The van der Waals surface area contributed by atoms with E-state index in [4.69, 9.17) is 9.15 Å². The number of anilines is 2. The largest absolute Gasteiger partial charge is 1.00 e. The molecule has 1 saturated heterocycles. The lowest BCUT2D eigenvalue weighted by molar-refractivity contribution is -0.118. The number of aryl methyl sites for hydroxylation is 2. The highest BCUT2D eigenvalue weighted by molar-refractivity contribution is 5.92. The fraction of sp³-hybridized carbons (Fsp3) is 0.360. The minimum Gasteiger partial charge on any atom is -1.00 e. The van der Waals surface area contributed by atoms with Crippen LogP contribution in [0, 0.1) is 6.92 Å². The zero-order valence-electron chi connectivity index (χ0n) is 18.4. The molecule has 2 aromatic carbocycles. The SMILES string of the molecule is CCc1cc(=O)oc2c(C)c(OCC(=O)Nc3ccc(N4CCCCC4)cc3)ccc12.[Cl-]. The minimum atomic E-state index is -0.379. The molecule has 1 amide bonds. The van der Waals surface area contributed by atoms with E-state index in [0.29, 0.717) is 16.9 Å². The summed E-state index contributed by atoms with van der Waals surface area (Å²) in [6.07, 6.45) is 4.49. The molecule has 0 atom stereocenters. The number of hydrogen-bond donors (Lipinski definition) is 1. The monoisotopic (exact) mass is 455 g/mol. The summed E-state index contributed by atoms with van der Waals surface area (Å²) in [4.78, 5) is 26.6. The van der Waals surface area contributed by atoms with Gasteiger partial charge in [-0.25, -0.2) is 4.79 Å². The Hall–Kier alpha value is -2.99.